The minimum absolute atomic E-state index is 0.0285. The molecule has 0 aromatic heterocycles. The Balaban J connectivity index is 1.75. The van der Waals surface area contributed by atoms with Gasteiger partial charge in [-0.1, -0.05) is 74.5 Å². The molecule has 2 amide bonds. The van der Waals surface area contributed by atoms with Gasteiger partial charge < -0.3 is 4.74 Å². The number of hydrogen-bond acceptors (Lipinski definition) is 4. The lowest BCUT2D eigenvalue weighted by molar-refractivity contribution is -0.176. The molecule has 6 atom stereocenters. The third-order valence-electron chi connectivity index (χ3n) is 10.9. The molecule has 2 aliphatic heterocycles. The molecule has 5 heteroatoms. The number of hydrogen-bond donors (Lipinski definition) is 0. The average molecular weight is 468 g/mol. The van der Waals surface area contributed by atoms with Crippen molar-refractivity contribution in [1.29, 1.82) is 0 Å². The maximum absolute atomic E-state index is 15.1. The number of amides is 2. The molecule has 0 spiro atoms. The first-order valence-corrected chi connectivity index (χ1v) is 12.6. The third kappa shape index (κ3) is 1.47. The molecule has 4 unspecified atom stereocenters. The van der Waals surface area contributed by atoms with Crippen molar-refractivity contribution >= 4 is 28.7 Å². The van der Waals surface area contributed by atoms with Crippen molar-refractivity contribution in [2.24, 2.45) is 21.7 Å². The van der Waals surface area contributed by atoms with Gasteiger partial charge in [-0.15, -0.1) is 0 Å². The normalized spacial score (nSPS) is 44.4. The number of likely N-dealkylation sites (tertiary alicyclic amines) is 1. The summed E-state index contributed by atoms with van der Waals surface area (Å²) in [6.45, 7) is 7.90. The highest BCUT2D eigenvalue weighted by Gasteiger charge is 3.15. The van der Waals surface area contributed by atoms with Gasteiger partial charge in [-0.3, -0.25) is 19.3 Å². The van der Waals surface area contributed by atoms with Crippen LogP contribution in [0.5, 0.6) is 0 Å². The Bertz CT molecular complexity index is 1310. The molecule has 5 nitrogen and oxygen atoms in total. The van der Waals surface area contributed by atoms with E-state index in [0.29, 0.717) is 12.8 Å². The van der Waals surface area contributed by atoms with Gasteiger partial charge in [0.1, 0.15) is 22.0 Å². The molecular formula is C30H29NO4. The minimum atomic E-state index is -1.25. The summed E-state index contributed by atoms with van der Waals surface area (Å²) in [4.78, 5) is 45.2. The van der Waals surface area contributed by atoms with Crippen LogP contribution in [0.3, 0.4) is 0 Å². The van der Waals surface area contributed by atoms with Crippen molar-refractivity contribution in [3.8, 4) is 0 Å². The summed E-state index contributed by atoms with van der Waals surface area (Å²) < 4.78 is 6.51. The van der Waals surface area contributed by atoms with Gasteiger partial charge >= 0.3 is 0 Å². The first-order chi connectivity index (χ1) is 16.7. The fraction of sp³-hybridized carbons (Fsp3) is 0.433. The second kappa shape index (κ2) is 5.67. The van der Waals surface area contributed by atoms with Crippen molar-refractivity contribution in [3.63, 3.8) is 0 Å². The predicted octanol–water partition coefficient (Wildman–Crippen LogP) is 4.52. The topological polar surface area (TPSA) is 67.0 Å². The van der Waals surface area contributed by atoms with E-state index in [0.717, 1.165) is 22.3 Å². The van der Waals surface area contributed by atoms with Gasteiger partial charge in [-0.25, -0.2) is 0 Å². The zero-order valence-corrected chi connectivity index (χ0v) is 20.8. The summed E-state index contributed by atoms with van der Waals surface area (Å²) >= 11 is 0. The molecule has 35 heavy (non-hydrogen) atoms. The highest BCUT2D eigenvalue weighted by atomic mass is 16.6. The Labute approximate surface area is 205 Å². The number of carbonyl (C=O) groups excluding carboxylic acids is 3. The van der Waals surface area contributed by atoms with Gasteiger partial charge in [0.2, 0.25) is 11.8 Å². The maximum Gasteiger partial charge on any atom is 0.240 e. The first kappa shape index (κ1) is 21.3. The van der Waals surface area contributed by atoms with E-state index >= 15 is 4.79 Å². The highest BCUT2D eigenvalue weighted by molar-refractivity contribution is 6.35. The number of imide groups is 1. The van der Waals surface area contributed by atoms with Crippen LogP contribution in [0.4, 0.5) is 0 Å². The second-order valence-electron chi connectivity index (χ2n) is 11.2. The quantitative estimate of drug-likeness (QED) is 0.490. The molecular weight excluding hydrogens is 438 g/mol. The Hall–Kier alpha value is -3.05. The second-order valence-corrected chi connectivity index (χ2v) is 11.2. The number of ketones is 1. The first-order valence-electron chi connectivity index (χ1n) is 12.6. The maximum atomic E-state index is 15.1. The van der Waals surface area contributed by atoms with Crippen LogP contribution in [0.25, 0.3) is 11.1 Å². The molecule has 2 aromatic carbocycles. The fourth-order valence-corrected chi connectivity index (χ4v) is 9.98. The van der Waals surface area contributed by atoms with Gasteiger partial charge in [0.25, 0.3) is 0 Å². The van der Waals surface area contributed by atoms with Gasteiger partial charge in [-0.2, -0.15) is 0 Å². The van der Waals surface area contributed by atoms with Gasteiger partial charge in [0, 0.05) is 7.05 Å². The number of ether oxygens (including phenoxy) is 1. The number of nitrogens with zero attached hydrogens (tertiary/aromatic N) is 1. The lowest BCUT2D eigenvalue weighted by Crippen LogP contribution is -2.78. The Kier molecular flexibility index (Phi) is 3.44. The zero-order valence-electron chi connectivity index (χ0n) is 20.8. The summed E-state index contributed by atoms with van der Waals surface area (Å²) in [5.41, 5.74) is -2.87. The largest absolute Gasteiger partial charge is 0.361 e. The van der Waals surface area contributed by atoms with Gasteiger partial charge in [0.15, 0.2) is 5.78 Å². The van der Waals surface area contributed by atoms with Crippen LogP contribution >= 0.6 is 0 Å². The molecule has 0 N–H and O–H groups in total. The van der Waals surface area contributed by atoms with E-state index in [9.17, 15) is 9.59 Å². The van der Waals surface area contributed by atoms with Crippen molar-refractivity contribution in [1.82, 2.24) is 4.90 Å². The molecule has 2 saturated heterocycles. The summed E-state index contributed by atoms with van der Waals surface area (Å²) in [6, 6.07) is 19.9. The Morgan fingerprint density at radius 1 is 0.686 bits per heavy atom. The summed E-state index contributed by atoms with van der Waals surface area (Å²) in [6.07, 6.45) is 0.857. The van der Waals surface area contributed by atoms with E-state index in [1.54, 1.807) is 7.05 Å². The van der Waals surface area contributed by atoms with Crippen LogP contribution in [0, 0.1) is 21.7 Å². The molecule has 2 heterocycles. The van der Waals surface area contributed by atoms with Crippen LogP contribution < -0.4 is 0 Å². The lowest BCUT2D eigenvalue weighted by atomic mass is 9.29. The van der Waals surface area contributed by atoms with Crippen LogP contribution in [-0.4, -0.2) is 40.7 Å². The van der Waals surface area contributed by atoms with Crippen LogP contribution in [0.1, 0.15) is 51.7 Å². The van der Waals surface area contributed by atoms with E-state index in [-0.39, 0.29) is 17.6 Å². The standard InChI is InChI=1S/C30H29NO4/c1-6-27-20(18-14-10-8-11-15-18)21(19-16-12-9-13-17-19)28(7-2,22(27)32)30-24(34)31(5)23(33)29(27,30)25(3)26(30,4)35-25/h8-17H,6-7H2,1-5H3/t25?,26?,27-,28+,29?,30?. The molecule has 3 aliphatic carbocycles. The van der Waals surface area contributed by atoms with Crippen molar-refractivity contribution in [2.45, 2.75) is 51.7 Å². The van der Waals surface area contributed by atoms with Crippen molar-refractivity contribution < 1.29 is 19.1 Å². The minimum Gasteiger partial charge on any atom is -0.361 e. The molecule has 2 bridgehead atoms. The van der Waals surface area contributed by atoms with E-state index in [2.05, 4.69) is 0 Å². The summed E-state index contributed by atoms with van der Waals surface area (Å²) in [5, 5.41) is 0. The van der Waals surface area contributed by atoms with E-state index in [1.807, 2.05) is 88.4 Å². The fourth-order valence-electron chi connectivity index (χ4n) is 9.98. The van der Waals surface area contributed by atoms with E-state index in [4.69, 9.17) is 4.74 Å². The average Bonchev–Trinajstić information content (AvgIpc) is 3.13. The van der Waals surface area contributed by atoms with E-state index in [1.165, 1.54) is 4.90 Å². The van der Waals surface area contributed by atoms with Crippen LogP contribution in [-0.2, 0) is 19.1 Å². The van der Waals surface area contributed by atoms with E-state index < -0.39 is 32.9 Å². The SMILES string of the molecule is CC[C@]12C(=O)[C@](CC)(C(c3ccccc3)=C1c1ccccc1)C13C(=O)N(C)C(=O)C12C1(C)OC13C. The smallest absolute Gasteiger partial charge is 0.240 e. The molecule has 4 fully saturated rings. The number of rotatable bonds is 4. The molecule has 0 radical (unpaired) electrons. The number of benzene rings is 2. The van der Waals surface area contributed by atoms with Crippen LogP contribution in [0.2, 0.25) is 0 Å². The Morgan fingerprint density at radius 3 is 1.40 bits per heavy atom. The highest BCUT2D eigenvalue weighted by Crippen LogP contribution is 3.01. The summed E-state index contributed by atoms with van der Waals surface area (Å²) in [7, 11) is 1.59. The number of epoxide rings is 1. The van der Waals surface area contributed by atoms with Gasteiger partial charge in [-0.05, 0) is 49.0 Å². The molecule has 178 valence electrons. The number of fused-ring (bicyclic) bond motifs is 3. The zero-order chi connectivity index (χ0) is 24.8. The number of allylic oxidation sites excluding steroid dienone is 2. The van der Waals surface area contributed by atoms with Crippen molar-refractivity contribution in [3.05, 3.63) is 71.8 Å². The monoisotopic (exact) mass is 467 g/mol. The van der Waals surface area contributed by atoms with Crippen LogP contribution in [0.15, 0.2) is 60.7 Å². The number of Topliss-reactive ketones (excluding diaryl/α,β-unsaturated/α-hetero) is 1. The number of carbonyl (C=O) groups is 3. The predicted molar refractivity (Wildman–Crippen MR) is 131 cm³/mol. The lowest BCUT2D eigenvalue weighted by Gasteiger charge is -2.63. The molecule has 2 aromatic rings. The van der Waals surface area contributed by atoms with Crippen molar-refractivity contribution in [2.75, 3.05) is 7.05 Å². The van der Waals surface area contributed by atoms with Gasteiger partial charge in [0.05, 0.1) is 10.8 Å². The third-order valence-corrected chi connectivity index (χ3v) is 10.9. The molecule has 2 saturated carbocycles. The molecule has 5 aliphatic rings. The molecule has 7 rings (SSSR count). The Morgan fingerprint density at radius 2 is 1.06 bits per heavy atom. The summed E-state index contributed by atoms with van der Waals surface area (Å²) in [5.74, 6) is -0.488.